The number of hydrazone groups is 1. The minimum absolute atomic E-state index is 0.242. The normalized spacial score (nSPS) is 10.6. The van der Waals surface area contributed by atoms with Crippen molar-refractivity contribution in [2.75, 3.05) is 7.05 Å². The average Bonchev–Trinajstić information content (AvgIpc) is 2.27. The fourth-order valence-corrected chi connectivity index (χ4v) is 1.17. The first-order valence-electron chi connectivity index (χ1n) is 4.87. The lowest BCUT2D eigenvalue weighted by Crippen LogP contribution is -2.18. The molecule has 1 amide bonds. The molecular formula is C11H14N2O3. The fraction of sp³-hybridized carbons (Fsp3) is 0.273. The van der Waals surface area contributed by atoms with Crippen LogP contribution < -0.4 is 0 Å². The SMILES string of the molecule is CCc1cc(C=NN(C)C(=O)O)ccc1O. The summed E-state index contributed by atoms with van der Waals surface area (Å²) in [6, 6.07) is 5.02. The Kier molecular flexibility index (Phi) is 3.88. The van der Waals surface area contributed by atoms with Crippen molar-refractivity contribution in [2.45, 2.75) is 13.3 Å². The Morgan fingerprint density at radius 3 is 2.81 bits per heavy atom. The molecule has 0 saturated heterocycles. The minimum Gasteiger partial charge on any atom is -0.508 e. The average molecular weight is 222 g/mol. The van der Waals surface area contributed by atoms with E-state index in [-0.39, 0.29) is 5.75 Å². The van der Waals surface area contributed by atoms with Crippen molar-refractivity contribution >= 4 is 12.3 Å². The summed E-state index contributed by atoms with van der Waals surface area (Å²) in [5.41, 5.74) is 1.56. The number of rotatable bonds is 3. The molecule has 5 nitrogen and oxygen atoms in total. The summed E-state index contributed by atoms with van der Waals surface area (Å²) in [5.74, 6) is 0.242. The van der Waals surface area contributed by atoms with Crippen molar-refractivity contribution in [1.29, 1.82) is 0 Å². The van der Waals surface area contributed by atoms with Gasteiger partial charge in [0.1, 0.15) is 5.75 Å². The molecule has 5 heteroatoms. The Morgan fingerprint density at radius 1 is 1.56 bits per heavy atom. The number of aromatic hydroxyl groups is 1. The molecule has 0 fully saturated rings. The zero-order valence-electron chi connectivity index (χ0n) is 9.21. The van der Waals surface area contributed by atoms with Crippen LogP contribution in [0.25, 0.3) is 0 Å². The smallest absolute Gasteiger partial charge is 0.427 e. The molecule has 0 aliphatic rings. The molecule has 1 aromatic rings. The number of aryl methyl sites for hydroxylation is 1. The standard InChI is InChI=1S/C11H14N2O3/c1-3-9-6-8(4-5-10(9)14)7-12-13(2)11(15)16/h4-7,14H,3H2,1-2H3,(H,15,16). The largest absolute Gasteiger partial charge is 0.508 e. The van der Waals surface area contributed by atoms with Gasteiger partial charge in [-0.25, -0.2) is 9.80 Å². The lowest BCUT2D eigenvalue weighted by atomic mass is 10.1. The van der Waals surface area contributed by atoms with Crippen LogP contribution in [0.4, 0.5) is 4.79 Å². The summed E-state index contributed by atoms with van der Waals surface area (Å²) in [6.07, 6.45) is 1.03. The first-order chi connectivity index (χ1) is 7.54. The van der Waals surface area contributed by atoms with Crippen LogP contribution in [0.3, 0.4) is 0 Å². The third-order valence-electron chi connectivity index (χ3n) is 2.14. The quantitative estimate of drug-likeness (QED) is 0.606. The van der Waals surface area contributed by atoms with E-state index in [0.717, 1.165) is 16.1 Å². The van der Waals surface area contributed by atoms with Gasteiger partial charge in [0.2, 0.25) is 0 Å². The topological polar surface area (TPSA) is 73.1 Å². The van der Waals surface area contributed by atoms with Crippen LogP contribution in [0.15, 0.2) is 23.3 Å². The molecule has 1 aromatic carbocycles. The van der Waals surface area contributed by atoms with E-state index >= 15 is 0 Å². The van der Waals surface area contributed by atoms with Gasteiger partial charge < -0.3 is 10.2 Å². The molecule has 0 aliphatic heterocycles. The Bertz CT molecular complexity index is 416. The predicted molar refractivity (Wildman–Crippen MR) is 60.9 cm³/mol. The molecule has 0 aromatic heterocycles. The molecule has 16 heavy (non-hydrogen) atoms. The number of hydrogen-bond acceptors (Lipinski definition) is 3. The van der Waals surface area contributed by atoms with Crippen molar-refractivity contribution in [3.05, 3.63) is 29.3 Å². The third-order valence-corrected chi connectivity index (χ3v) is 2.14. The van der Waals surface area contributed by atoms with Gasteiger partial charge in [-0.2, -0.15) is 5.10 Å². The Hall–Kier alpha value is -2.04. The fourth-order valence-electron chi connectivity index (χ4n) is 1.17. The van der Waals surface area contributed by atoms with Crippen LogP contribution in [-0.4, -0.2) is 34.6 Å². The molecule has 0 heterocycles. The molecule has 86 valence electrons. The molecule has 0 spiro atoms. The number of carboxylic acid groups (broad SMARTS) is 1. The van der Waals surface area contributed by atoms with Crippen LogP contribution in [0.2, 0.25) is 0 Å². The maximum atomic E-state index is 10.5. The van der Waals surface area contributed by atoms with Gasteiger partial charge >= 0.3 is 6.09 Å². The first kappa shape index (κ1) is 12.0. The van der Waals surface area contributed by atoms with Crippen molar-refractivity contribution in [1.82, 2.24) is 5.01 Å². The summed E-state index contributed by atoms with van der Waals surface area (Å²) >= 11 is 0. The molecule has 0 saturated carbocycles. The monoisotopic (exact) mass is 222 g/mol. The number of amides is 1. The Balaban J connectivity index is 2.86. The van der Waals surface area contributed by atoms with E-state index in [2.05, 4.69) is 5.10 Å². The lowest BCUT2D eigenvalue weighted by molar-refractivity contribution is 0.158. The molecule has 0 radical (unpaired) electrons. The maximum Gasteiger partial charge on any atom is 0.427 e. The second-order valence-corrected chi connectivity index (χ2v) is 3.29. The molecule has 0 bridgehead atoms. The van der Waals surface area contributed by atoms with E-state index in [1.54, 1.807) is 18.2 Å². The van der Waals surface area contributed by atoms with E-state index in [1.807, 2.05) is 6.92 Å². The molecule has 1 rings (SSSR count). The molecule has 0 atom stereocenters. The minimum atomic E-state index is -1.12. The summed E-state index contributed by atoms with van der Waals surface area (Å²) < 4.78 is 0. The van der Waals surface area contributed by atoms with Gasteiger partial charge in [0.15, 0.2) is 0 Å². The van der Waals surface area contributed by atoms with E-state index in [0.29, 0.717) is 6.42 Å². The van der Waals surface area contributed by atoms with E-state index in [4.69, 9.17) is 5.11 Å². The number of hydrogen-bond donors (Lipinski definition) is 2. The number of phenols is 1. The van der Waals surface area contributed by atoms with Gasteiger partial charge in [-0.1, -0.05) is 6.92 Å². The number of benzene rings is 1. The van der Waals surface area contributed by atoms with Crippen molar-refractivity contribution in [2.24, 2.45) is 5.10 Å². The Labute approximate surface area is 93.6 Å². The van der Waals surface area contributed by atoms with Crippen molar-refractivity contribution < 1.29 is 15.0 Å². The van der Waals surface area contributed by atoms with Crippen LogP contribution in [0.1, 0.15) is 18.1 Å². The number of nitrogens with zero attached hydrogens (tertiary/aromatic N) is 2. The summed E-state index contributed by atoms with van der Waals surface area (Å²) in [5, 5.41) is 22.6. The summed E-state index contributed by atoms with van der Waals surface area (Å²) in [6.45, 7) is 1.93. The molecule has 0 aliphatic carbocycles. The highest BCUT2D eigenvalue weighted by Gasteiger charge is 2.02. The van der Waals surface area contributed by atoms with Crippen LogP contribution >= 0.6 is 0 Å². The Morgan fingerprint density at radius 2 is 2.25 bits per heavy atom. The zero-order chi connectivity index (χ0) is 12.1. The zero-order valence-corrected chi connectivity index (χ0v) is 9.21. The second kappa shape index (κ2) is 5.16. The van der Waals surface area contributed by atoms with Gasteiger partial charge in [0.05, 0.1) is 6.21 Å². The number of phenolic OH excluding ortho intramolecular Hbond substituents is 1. The summed E-state index contributed by atoms with van der Waals surface area (Å²) in [4.78, 5) is 10.5. The molecular weight excluding hydrogens is 208 g/mol. The van der Waals surface area contributed by atoms with Gasteiger partial charge in [0.25, 0.3) is 0 Å². The van der Waals surface area contributed by atoms with E-state index in [1.165, 1.54) is 13.3 Å². The van der Waals surface area contributed by atoms with Gasteiger partial charge in [-0.05, 0) is 35.7 Å². The second-order valence-electron chi connectivity index (χ2n) is 3.29. The van der Waals surface area contributed by atoms with Crippen molar-refractivity contribution in [3.8, 4) is 5.75 Å². The number of carbonyl (C=O) groups is 1. The third kappa shape index (κ3) is 2.98. The highest BCUT2D eigenvalue weighted by Crippen LogP contribution is 2.17. The molecule has 2 N–H and O–H groups in total. The maximum absolute atomic E-state index is 10.5. The summed E-state index contributed by atoms with van der Waals surface area (Å²) in [7, 11) is 1.35. The van der Waals surface area contributed by atoms with Crippen LogP contribution in [0, 0.1) is 0 Å². The predicted octanol–water partition coefficient (Wildman–Crippen LogP) is 1.90. The highest BCUT2D eigenvalue weighted by molar-refractivity contribution is 5.81. The molecule has 0 unspecified atom stereocenters. The lowest BCUT2D eigenvalue weighted by Gasteiger charge is -2.05. The van der Waals surface area contributed by atoms with E-state index < -0.39 is 6.09 Å². The van der Waals surface area contributed by atoms with Gasteiger partial charge in [-0.3, -0.25) is 0 Å². The van der Waals surface area contributed by atoms with Crippen LogP contribution in [-0.2, 0) is 6.42 Å². The highest BCUT2D eigenvalue weighted by atomic mass is 16.4. The van der Waals surface area contributed by atoms with E-state index in [9.17, 15) is 9.90 Å². The van der Waals surface area contributed by atoms with Gasteiger partial charge in [0, 0.05) is 7.05 Å². The van der Waals surface area contributed by atoms with Crippen LogP contribution in [0.5, 0.6) is 5.75 Å². The van der Waals surface area contributed by atoms with Crippen molar-refractivity contribution in [3.63, 3.8) is 0 Å². The van der Waals surface area contributed by atoms with Gasteiger partial charge in [-0.15, -0.1) is 0 Å². The first-order valence-corrected chi connectivity index (χ1v) is 4.87.